The van der Waals surface area contributed by atoms with Gasteiger partial charge in [0.1, 0.15) is 11.8 Å². The molecule has 0 aliphatic carbocycles. The van der Waals surface area contributed by atoms with Crippen LogP contribution in [0.25, 0.3) is 6.08 Å². The van der Waals surface area contributed by atoms with Crippen molar-refractivity contribution in [3.05, 3.63) is 95.6 Å². The van der Waals surface area contributed by atoms with Crippen LogP contribution in [-0.4, -0.2) is 23.8 Å². The zero-order valence-electron chi connectivity index (χ0n) is 19.2. The van der Waals surface area contributed by atoms with Crippen LogP contribution in [-0.2, 0) is 9.53 Å². The summed E-state index contributed by atoms with van der Waals surface area (Å²) in [6.07, 6.45) is 2.69. The van der Waals surface area contributed by atoms with Gasteiger partial charge >= 0.3 is 5.97 Å². The minimum Gasteiger partial charge on any atom is -0.493 e. The standard InChI is InChI=1S/C26H25ClN2O4S/c1-4-14-33-20-13-9-6-10-17(20)15-21-24(30)29-23(18-11-7-8-12-19(18)27)22(25(31)32-5-2)16(3)28-26(29)34-21/h6-13,15,23H,4-5,14H2,1-3H3/b21-15-/t23-/m1/s1. The number of benzene rings is 2. The first kappa shape index (κ1) is 24.0. The Bertz CT molecular complexity index is 1440. The molecule has 6 nitrogen and oxygen atoms in total. The van der Waals surface area contributed by atoms with Crippen molar-refractivity contribution >= 4 is 35.0 Å². The maximum absolute atomic E-state index is 13.7. The van der Waals surface area contributed by atoms with Crippen LogP contribution in [0.2, 0.25) is 5.02 Å². The Balaban J connectivity index is 1.94. The molecular weight excluding hydrogens is 472 g/mol. The van der Waals surface area contributed by atoms with E-state index in [1.807, 2.05) is 55.5 Å². The third-order valence-electron chi connectivity index (χ3n) is 5.38. The summed E-state index contributed by atoms with van der Waals surface area (Å²) in [6.45, 7) is 6.33. The van der Waals surface area contributed by atoms with Crippen LogP contribution in [0.4, 0.5) is 0 Å². The molecule has 2 aromatic carbocycles. The van der Waals surface area contributed by atoms with Gasteiger partial charge in [-0.15, -0.1) is 0 Å². The van der Waals surface area contributed by atoms with Gasteiger partial charge in [0.15, 0.2) is 4.80 Å². The van der Waals surface area contributed by atoms with Gasteiger partial charge in [-0.1, -0.05) is 66.3 Å². The number of rotatable bonds is 7. The fourth-order valence-electron chi connectivity index (χ4n) is 3.87. The molecule has 1 aromatic heterocycles. The summed E-state index contributed by atoms with van der Waals surface area (Å²) in [4.78, 5) is 31.7. The van der Waals surface area contributed by atoms with Crippen LogP contribution in [0.3, 0.4) is 0 Å². The molecule has 0 amide bonds. The van der Waals surface area contributed by atoms with Crippen molar-refractivity contribution in [1.82, 2.24) is 4.57 Å². The average Bonchev–Trinajstić information content (AvgIpc) is 3.12. The fraction of sp³-hybridized carbons (Fsp3) is 0.269. The van der Waals surface area contributed by atoms with Gasteiger partial charge in [-0.05, 0) is 44.0 Å². The smallest absolute Gasteiger partial charge is 0.338 e. The Morgan fingerprint density at radius 1 is 1.18 bits per heavy atom. The van der Waals surface area contributed by atoms with E-state index in [0.29, 0.717) is 43.5 Å². The number of hydrogen-bond acceptors (Lipinski definition) is 6. The molecule has 1 aliphatic rings. The van der Waals surface area contributed by atoms with E-state index in [1.54, 1.807) is 19.9 Å². The number of allylic oxidation sites excluding steroid dienone is 1. The highest BCUT2D eigenvalue weighted by Crippen LogP contribution is 2.34. The lowest BCUT2D eigenvalue weighted by Crippen LogP contribution is -2.40. The Kier molecular flexibility index (Phi) is 7.34. The van der Waals surface area contributed by atoms with Crippen molar-refractivity contribution < 1.29 is 14.3 Å². The van der Waals surface area contributed by atoms with Crippen LogP contribution in [0, 0.1) is 0 Å². The number of nitrogens with zero attached hydrogens (tertiary/aromatic N) is 2. The number of esters is 1. The summed E-state index contributed by atoms with van der Waals surface area (Å²) in [7, 11) is 0. The summed E-state index contributed by atoms with van der Waals surface area (Å²) in [5.74, 6) is 0.197. The summed E-state index contributed by atoms with van der Waals surface area (Å²) in [6, 6.07) is 14.0. The molecule has 176 valence electrons. The molecule has 4 rings (SSSR count). The van der Waals surface area contributed by atoms with Gasteiger partial charge in [-0.3, -0.25) is 9.36 Å². The van der Waals surface area contributed by atoms with Crippen LogP contribution in [0.15, 0.2) is 69.6 Å². The molecule has 0 N–H and O–H groups in total. The van der Waals surface area contributed by atoms with Gasteiger partial charge in [-0.2, -0.15) is 0 Å². The Morgan fingerprint density at radius 3 is 2.65 bits per heavy atom. The number of carbonyl (C=O) groups excluding carboxylic acids is 1. The lowest BCUT2D eigenvalue weighted by molar-refractivity contribution is -0.139. The molecule has 0 saturated heterocycles. The van der Waals surface area contributed by atoms with E-state index in [4.69, 9.17) is 21.1 Å². The first-order valence-corrected chi connectivity index (χ1v) is 12.3. The van der Waals surface area contributed by atoms with Gasteiger partial charge < -0.3 is 9.47 Å². The minimum atomic E-state index is -0.738. The van der Waals surface area contributed by atoms with Crippen molar-refractivity contribution in [3.8, 4) is 5.75 Å². The summed E-state index contributed by atoms with van der Waals surface area (Å²) in [5, 5.41) is 0.455. The van der Waals surface area contributed by atoms with Crippen molar-refractivity contribution in [2.75, 3.05) is 13.2 Å². The number of hydrogen-bond donors (Lipinski definition) is 0. The first-order chi connectivity index (χ1) is 16.5. The zero-order chi connectivity index (χ0) is 24.2. The second-order valence-corrected chi connectivity index (χ2v) is 9.13. The van der Waals surface area contributed by atoms with Crippen LogP contribution < -0.4 is 19.6 Å². The number of thiazole rings is 1. The molecule has 0 radical (unpaired) electrons. The van der Waals surface area contributed by atoms with Crippen LogP contribution in [0.5, 0.6) is 5.75 Å². The van der Waals surface area contributed by atoms with E-state index in [9.17, 15) is 9.59 Å². The molecule has 3 aromatic rings. The Hall–Kier alpha value is -3.16. The number of para-hydroxylation sites is 1. The quantitative estimate of drug-likeness (QED) is 0.459. The van der Waals surface area contributed by atoms with E-state index < -0.39 is 12.0 Å². The Morgan fingerprint density at radius 2 is 1.91 bits per heavy atom. The van der Waals surface area contributed by atoms with E-state index in [1.165, 1.54) is 15.9 Å². The molecule has 1 atom stereocenters. The van der Waals surface area contributed by atoms with Crippen LogP contribution >= 0.6 is 22.9 Å². The van der Waals surface area contributed by atoms with Gasteiger partial charge in [0, 0.05) is 10.6 Å². The van der Waals surface area contributed by atoms with E-state index in [-0.39, 0.29) is 12.2 Å². The molecule has 34 heavy (non-hydrogen) atoms. The molecule has 8 heteroatoms. The molecule has 0 unspecified atom stereocenters. The number of carbonyl (C=O) groups is 1. The number of aromatic nitrogens is 1. The molecular formula is C26H25ClN2O4S. The molecule has 2 heterocycles. The maximum Gasteiger partial charge on any atom is 0.338 e. The molecule has 0 bridgehead atoms. The monoisotopic (exact) mass is 496 g/mol. The average molecular weight is 497 g/mol. The normalized spacial score (nSPS) is 15.6. The van der Waals surface area contributed by atoms with Crippen LogP contribution in [0.1, 0.15) is 44.4 Å². The second-order valence-electron chi connectivity index (χ2n) is 7.71. The predicted molar refractivity (Wildman–Crippen MR) is 134 cm³/mol. The third-order valence-corrected chi connectivity index (χ3v) is 6.71. The van der Waals surface area contributed by atoms with Gasteiger partial charge in [0.2, 0.25) is 0 Å². The first-order valence-electron chi connectivity index (χ1n) is 11.1. The third kappa shape index (κ3) is 4.58. The summed E-state index contributed by atoms with van der Waals surface area (Å²) >= 11 is 7.80. The highest BCUT2D eigenvalue weighted by atomic mass is 35.5. The molecule has 0 saturated carbocycles. The molecule has 0 fully saturated rings. The highest BCUT2D eigenvalue weighted by molar-refractivity contribution is 7.07. The van der Waals surface area contributed by atoms with Gasteiger partial charge in [0.25, 0.3) is 5.56 Å². The highest BCUT2D eigenvalue weighted by Gasteiger charge is 2.34. The van der Waals surface area contributed by atoms with Crippen molar-refractivity contribution in [2.45, 2.75) is 33.2 Å². The van der Waals surface area contributed by atoms with Gasteiger partial charge in [-0.25, -0.2) is 9.79 Å². The predicted octanol–water partition coefficient (Wildman–Crippen LogP) is 4.24. The van der Waals surface area contributed by atoms with Crippen molar-refractivity contribution in [2.24, 2.45) is 4.99 Å². The van der Waals surface area contributed by atoms with E-state index in [0.717, 1.165) is 12.0 Å². The lowest BCUT2D eigenvalue weighted by Gasteiger charge is -2.25. The lowest BCUT2D eigenvalue weighted by atomic mass is 9.96. The number of fused-ring (bicyclic) bond motifs is 1. The fourth-order valence-corrected chi connectivity index (χ4v) is 5.14. The van der Waals surface area contributed by atoms with Crippen molar-refractivity contribution in [3.63, 3.8) is 0 Å². The summed E-state index contributed by atoms with van der Waals surface area (Å²) in [5.41, 5.74) is 1.99. The maximum atomic E-state index is 13.7. The van der Waals surface area contributed by atoms with E-state index >= 15 is 0 Å². The van der Waals surface area contributed by atoms with Gasteiger partial charge in [0.05, 0.1) is 29.0 Å². The number of ether oxygens (including phenoxy) is 2. The molecule has 0 spiro atoms. The molecule has 1 aliphatic heterocycles. The van der Waals surface area contributed by atoms with Crippen molar-refractivity contribution in [1.29, 1.82) is 0 Å². The van der Waals surface area contributed by atoms with E-state index in [2.05, 4.69) is 4.99 Å². The number of halogens is 1. The second kappa shape index (κ2) is 10.4. The zero-order valence-corrected chi connectivity index (χ0v) is 20.8. The topological polar surface area (TPSA) is 69.9 Å². The Labute approximate surface area is 206 Å². The largest absolute Gasteiger partial charge is 0.493 e. The summed E-state index contributed by atoms with van der Waals surface area (Å²) < 4.78 is 13.2. The SMILES string of the molecule is CCCOc1ccccc1/C=c1\sc2n(c1=O)[C@H](c1ccccc1Cl)C(C(=O)OCC)=C(C)N=2. The minimum absolute atomic E-state index is 0.212.